The fraction of sp³-hybridized carbons (Fsp3) is 0.923. The highest BCUT2D eigenvalue weighted by Gasteiger charge is 2.60. The number of esters is 1. The lowest BCUT2D eigenvalue weighted by molar-refractivity contribution is -0.165. The minimum Gasteiger partial charge on any atom is -0.461 e. The molecule has 0 aromatic carbocycles. The molecule has 4 fully saturated rings. The van der Waals surface area contributed by atoms with Gasteiger partial charge in [0, 0.05) is 5.92 Å². The number of carbonyl (C=O) groups excluding carboxylic acids is 2. The van der Waals surface area contributed by atoms with Gasteiger partial charge in [-0.3, -0.25) is 9.59 Å². The Hall–Kier alpha value is -0.900. The number of nitrogens with two attached hydrogens (primary N) is 1. The van der Waals surface area contributed by atoms with Crippen molar-refractivity contribution in [3.8, 4) is 0 Å². The van der Waals surface area contributed by atoms with Crippen LogP contribution in [0.1, 0.15) is 92.4 Å². The second-order valence-electron chi connectivity index (χ2n) is 12.0. The van der Waals surface area contributed by atoms with Crippen LogP contribution in [0.4, 0.5) is 0 Å². The van der Waals surface area contributed by atoms with E-state index < -0.39 is 6.04 Å². The second-order valence-corrected chi connectivity index (χ2v) is 12.0. The van der Waals surface area contributed by atoms with Crippen molar-refractivity contribution >= 4 is 11.8 Å². The third-order valence-electron chi connectivity index (χ3n) is 10.4. The minimum atomic E-state index is -0.512. The number of Topliss-reactive ketones (excluding diaryl/α,β-unsaturated/α-hetero) is 1. The Labute approximate surface area is 183 Å². The molecule has 2 unspecified atom stereocenters. The molecule has 4 saturated carbocycles. The van der Waals surface area contributed by atoms with Gasteiger partial charge in [-0.05, 0) is 105 Å². The van der Waals surface area contributed by atoms with Gasteiger partial charge in [-0.25, -0.2) is 0 Å². The smallest absolute Gasteiger partial charge is 0.323 e. The summed E-state index contributed by atoms with van der Waals surface area (Å²) in [6.45, 7) is 10.7. The number of ether oxygens (including phenoxy) is 1. The molecule has 170 valence electrons. The molecule has 0 aliphatic heterocycles. The molecule has 4 rings (SSSR count). The standard InChI is InChI=1S/C26H43NO3/c1-15(2)23(27)24(29)30-18-10-12-25(4)17(14-18)6-7-19-21-9-8-20(16(3)28)26(21,5)13-11-22(19)25/h15,17-23H,6-14,27H2,1-5H3/t17-,18?,19-,20+,21-,22-,23?,25-,26+/m0/s1. The van der Waals surface area contributed by atoms with E-state index in [4.69, 9.17) is 10.5 Å². The van der Waals surface area contributed by atoms with Crippen molar-refractivity contribution in [2.75, 3.05) is 0 Å². The first kappa shape index (κ1) is 22.3. The Morgan fingerprint density at radius 2 is 1.60 bits per heavy atom. The maximum Gasteiger partial charge on any atom is 0.323 e. The molecule has 0 amide bonds. The maximum absolute atomic E-state index is 12.4. The fourth-order valence-electron chi connectivity index (χ4n) is 8.51. The Kier molecular flexibility index (Phi) is 5.87. The van der Waals surface area contributed by atoms with Crippen molar-refractivity contribution in [1.82, 2.24) is 0 Å². The molecule has 0 saturated heterocycles. The average molecular weight is 418 g/mol. The lowest BCUT2D eigenvalue weighted by Gasteiger charge is -2.61. The Balaban J connectivity index is 1.45. The summed E-state index contributed by atoms with van der Waals surface area (Å²) in [5.74, 6) is 3.52. The minimum absolute atomic E-state index is 0.0411. The number of carbonyl (C=O) groups is 2. The molecule has 0 aromatic heterocycles. The van der Waals surface area contributed by atoms with E-state index in [0.29, 0.717) is 17.1 Å². The van der Waals surface area contributed by atoms with Gasteiger partial charge >= 0.3 is 5.97 Å². The van der Waals surface area contributed by atoms with E-state index in [9.17, 15) is 9.59 Å². The van der Waals surface area contributed by atoms with Crippen molar-refractivity contribution in [3.05, 3.63) is 0 Å². The molecule has 0 aromatic rings. The van der Waals surface area contributed by atoms with E-state index in [1.807, 2.05) is 20.8 Å². The number of rotatable bonds is 4. The van der Waals surface area contributed by atoms with Gasteiger partial charge in [0.25, 0.3) is 0 Å². The molecule has 4 aliphatic carbocycles. The van der Waals surface area contributed by atoms with Gasteiger partial charge in [-0.2, -0.15) is 0 Å². The second kappa shape index (κ2) is 7.90. The third kappa shape index (κ3) is 3.45. The summed E-state index contributed by atoms with van der Waals surface area (Å²) in [4.78, 5) is 24.7. The SMILES string of the molecule is CC(=O)[C@H]1CC[C@H]2[C@@H]3CC[C@H]4CC(OC(=O)C(N)C(C)C)CC[C@]4(C)[C@H]3CC[C@]12C. The van der Waals surface area contributed by atoms with Gasteiger partial charge in [0.05, 0.1) is 0 Å². The predicted molar refractivity (Wildman–Crippen MR) is 119 cm³/mol. The maximum atomic E-state index is 12.4. The lowest BCUT2D eigenvalue weighted by Crippen LogP contribution is -2.54. The highest BCUT2D eigenvalue weighted by atomic mass is 16.5. The summed E-state index contributed by atoms with van der Waals surface area (Å²) in [5, 5.41) is 0. The van der Waals surface area contributed by atoms with Crippen LogP contribution in [0.15, 0.2) is 0 Å². The summed E-state index contributed by atoms with van der Waals surface area (Å²) in [7, 11) is 0. The largest absolute Gasteiger partial charge is 0.461 e. The summed E-state index contributed by atoms with van der Waals surface area (Å²) >= 11 is 0. The van der Waals surface area contributed by atoms with E-state index in [-0.39, 0.29) is 29.3 Å². The van der Waals surface area contributed by atoms with Crippen molar-refractivity contribution in [2.45, 2.75) is 105 Å². The van der Waals surface area contributed by atoms with Gasteiger partial charge in [-0.1, -0.05) is 27.7 Å². The third-order valence-corrected chi connectivity index (χ3v) is 10.4. The summed E-state index contributed by atoms with van der Waals surface area (Å²) < 4.78 is 5.87. The quantitative estimate of drug-likeness (QED) is 0.644. The average Bonchev–Trinajstić information content (AvgIpc) is 3.05. The van der Waals surface area contributed by atoms with E-state index in [1.165, 1.54) is 32.1 Å². The number of fused-ring (bicyclic) bond motifs is 5. The van der Waals surface area contributed by atoms with Crippen molar-refractivity contribution in [3.63, 3.8) is 0 Å². The number of ketones is 1. The Bertz CT molecular complexity index is 690. The van der Waals surface area contributed by atoms with E-state index >= 15 is 0 Å². The summed E-state index contributed by atoms with van der Waals surface area (Å²) in [6.07, 6.45) is 10.6. The first-order chi connectivity index (χ1) is 14.1. The van der Waals surface area contributed by atoms with Crippen LogP contribution in [0, 0.1) is 46.3 Å². The normalized spacial score (nSPS) is 46.5. The molecule has 0 heterocycles. The molecule has 0 radical (unpaired) electrons. The lowest BCUT2D eigenvalue weighted by atomic mass is 9.44. The monoisotopic (exact) mass is 417 g/mol. The van der Waals surface area contributed by atoms with Gasteiger partial charge < -0.3 is 10.5 Å². The zero-order valence-electron chi connectivity index (χ0n) is 19.8. The molecule has 4 aliphatic rings. The predicted octanol–water partition coefficient (Wildman–Crippen LogP) is 5.13. The molecule has 0 bridgehead atoms. The molecule has 2 N–H and O–H groups in total. The van der Waals surface area contributed by atoms with Gasteiger partial charge in [0.2, 0.25) is 0 Å². The molecular weight excluding hydrogens is 374 g/mol. The molecule has 4 nitrogen and oxygen atoms in total. The Morgan fingerprint density at radius 3 is 2.27 bits per heavy atom. The van der Waals surface area contributed by atoms with Crippen LogP contribution < -0.4 is 5.73 Å². The molecular formula is C26H43NO3. The van der Waals surface area contributed by atoms with Crippen LogP contribution in [0.2, 0.25) is 0 Å². The van der Waals surface area contributed by atoms with Crippen LogP contribution >= 0.6 is 0 Å². The topological polar surface area (TPSA) is 69.4 Å². The molecule has 9 atom stereocenters. The van der Waals surface area contributed by atoms with Crippen LogP contribution in [0.5, 0.6) is 0 Å². The van der Waals surface area contributed by atoms with E-state index in [1.54, 1.807) is 0 Å². The molecule has 0 spiro atoms. The number of hydrogen-bond acceptors (Lipinski definition) is 4. The van der Waals surface area contributed by atoms with Crippen LogP contribution in [-0.2, 0) is 14.3 Å². The fourth-order valence-corrected chi connectivity index (χ4v) is 8.51. The highest BCUT2D eigenvalue weighted by molar-refractivity contribution is 5.79. The van der Waals surface area contributed by atoms with Gasteiger partial charge in [0.1, 0.15) is 17.9 Å². The van der Waals surface area contributed by atoms with Crippen LogP contribution in [0.3, 0.4) is 0 Å². The van der Waals surface area contributed by atoms with Crippen molar-refractivity contribution < 1.29 is 14.3 Å². The summed E-state index contributed by atoms with van der Waals surface area (Å²) in [5.41, 5.74) is 6.61. The first-order valence-electron chi connectivity index (χ1n) is 12.5. The van der Waals surface area contributed by atoms with Crippen LogP contribution in [0.25, 0.3) is 0 Å². The van der Waals surface area contributed by atoms with E-state index in [2.05, 4.69) is 13.8 Å². The van der Waals surface area contributed by atoms with Crippen LogP contribution in [-0.4, -0.2) is 23.9 Å². The highest BCUT2D eigenvalue weighted by Crippen LogP contribution is 2.67. The first-order valence-corrected chi connectivity index (χ1v) is 12.5. The van der Waals surface area contributed by atoms with E-state index in [0.717, 1.165) is 43.4 Å². The van der Waals surface area contributed by atoms with Crippen molar-refractivity contribution in [1.29, 1.82) is 0 Å². The molecule has 4 heteroatoms. The van der Waals surface area contributed by atoms with Gasteiger partial charge in [0.15, 0.2) is 0 Å². The molecule has 30 heavy (non-hydrogen) atoms. The zero-order valence-corrected chi connectivity index (χ0v) is 19.8. The zero-order chi connectivity index (χ0) is 21.8. The van der Waals surface area contributed by atoms with Gasteiger partial charge in [-0.15, -0.1) is 0 Å². The van der Waals surface area contributed by atoms with Crippen molar-refractivity contribution in [2.24, 2.45) is 52.1 Å². The Morgan fingerprint density at radius 1 is 0.933 bits per heavy atom. The number of hydrogen-bond donors (Lipinski definition) is 1. The summed E-state index contributed by atoms with van der Waals surface area (Å²) in [6, 6.07) is -0.512.